The molecular formula is C18H28ClN. The third kappa shape index (κ3) is 3.04. The van der Waals surface area contributed by atoms with Crippen molar-refractivity contribution in [3.63, 3.8) is 0 Å². The van der Waals surface area contributed by atoms with Crippen LogP contribution in [0.3, 0.4) is 0 Å². The highest BCUT2D eigenvalue weighted by Crippen LogP contribution is 2.43. The van der Waals surface area contributed by atoms with Gasteiger partial charge in [-0.15, -0.1) is 12.4 Å². The Hall–Kier alpha value is -0.530. The van der Waals surface area contributed by atoms with E-state index in [1.165, 1.54) is 70.0 Å². The summed E-state index contributed by atoms with van der Waals surface area (Å²) in [5, 5.41) is 0. The maximum absolute atomic E-state index is 2.82. The van der Waals surface area contributed by atoms with Gasteiger partial charge in [0.2, 0.25) is 0 Å². The number of halogens is 1. The molecule has 0 aromatic heterocycles. The second-order valence-electron chi connectivity index (χ2n) is 6.51. The number of aryl methyl sites for hydroxylation is 1. The lowest BCUT2D eigenvalue weighted by Crippen LogP contribution is -2.49. The zero-order chi connectivity index (χ0) is 13.1. The molecule has 0 atom stereocenters. The first-order valence-corrected chi connectivity index (χ1v) is 8.13. The molecule has 1 aliphatic carbocycles. The van der Waals surface area contributed by atoms with Gasteiger partial charge in [0.05, 0.1) is 0 Å². The Morgan fingerprint density at radius 2 is 1.55 bits per heavy atom. The van der Waals surface area contributed by atoms with Gasteiger partial charge in [0, 0.05) is 5.54 Å². The number of nitrogens with zero attached hydrogens (tertiary/aromatic N) is 1. The van der Waals surface area contributed by atoms with Crippen molar-refractivity contribution in [3.05, 3.63) is 35.4 Å². The van der Waals surface area contributed by atoms with Crippen molar-refractivity contribution in [1.29, 1.82) is 0 Å². The molecule has 112 valence electrons. The second-order valence-corrected chi connectivity index (χ2v) is 6.51. The fourth-order valence-corrected chi connectivity index (χ4v) is 4.18. The molecular weight excluding hydrogens is 266 g/mol. The van der Waals surface area contributed by atoms with Gasteiger partial charge in [0.25, 0.3) is 0 Å². The average Bonchev–Trinajstić information content (AvgIpc) is 2.49. The van der Waals surface area contributed by atoms with Gasteiger partial charge in [-0.25, -0.2) is 0 Å². The topological polar surface area (TPSA) is 3.24 Å². The van der Waals surface area contributed by atoms with Crippen LogP contribution in [0.2, 0.25) is 0 Å². The van der Waals surface area contributed by atoms with E-state index < -0.39 is 0 Å². The van der Waals surface area contributed by atoms with Crippen LogP contribution in [0.4, 0.5) is 0 Å². The number of hydrogen-bond acceptors (Lipinski definition) is 1. The summed E-state index contributed by atoms with van der Waals surface area (Å²) in [6.45, 7) is 4.86. The predicted octanol–water partition coefficient (Wildman–Crippen LogP) is 5.06. The minimum absolute atomic E-state index is 0. The third-order valence-electron chi connectivity index (χ3n) is 5.20. The van der Waals surface area contributed by atoms with Crippen molar-refractivity contribution in [2.45, 2.75) is 63.8 Å². The Kier molecular flexibility index (Phi) is 5.51. The van der Waals surface area contributed by atoms with E-state index in [1.54, 1.807) is 5.56 Å². The normalized spacial score (nSPS) is 23.1. The molecule has 3 rings (SSSR count). The largest absolute Gasteiger partial charge is 0.294 e. The highest BCUT2D eigenvalue weighted by Gasteiger charge is 2.39. The summed E-state index contributed by atoms with van der Waals surface area (Å²) >= 11 is 0. The third-order valence-corrected chi connectivity index (χ3v) is 5.20. The summed E-state index contributed by atoms with van der Waals surface area (Å²) in [5.41, 5.74) is 3.37. The van der Waals surface area contributed by atoms with Crippen LogP contribution in [0.1, 0.15) is 62.5 Å². The standard InChI is InChI=1S/C18H27N.ClH/c1-16-9-8-10-17(15-16)18(11-4-2-5-12-18)19-13-6-3-7-14-19;/h8-10,15H,2-7,11-14H2,1H3;1H. The zero-order valence-corrected chi connectivity index (χ0v) is 13.6. The smallest absolute Gasteiger partial charge is 0.0460 e. The van der Waals surface area contributed by atoms with Gasteiger partial charge in [0.15, 0.2) is 0 Å². The fourth-order valence-electron chi connectivity index (χ4n) is 4.18. The van der Waals surface area contributed by atoms with Crippen LogP contribution >= 0.6 is 12.4 Å². The van der Waals surface area contributed by atoms with Crippen LogP contribution in [-0.4, -0.2) is 18.0 Å². The van der Waals surface area contributed by atoms with Gasteiger partial charge >= 0.3 is 0 Å². The summed E-state index contributed by atoms with van der Waals surface area (Å²) in [6, 6.07) is 9.31. The number of benzene rings is 1. The molecule has 0 N–H and O–H groups in total. The van der Waals surface area contributed by atoms with Crippen LogP contribution < -0.4 is 0 Å². The molecule has 0 amide bonds. The molecule has 0 spiro atoms. The van der Waals surface area contributed by atoms with Crippen LogP contribution in [-0.2, 0) is 5.54 Å². The van der Waals surface area contributed by atoms with E-state index in [4.69, 9.17) is 0 Å². The molecule has 1 nitrogen and oxygen atoms in total. The maximum atomic E-state index is 2.82. The van der Waals surface area contributed by atoms with Gasteiger partial charge in [-0.2, -0.15) is 0 Å². The lowest BCUT2D eigenvalue weighted by molar-refractivity contribution is 0.0303. The Morgan fingerprint density at radius 3 is 2.20 bits per heavy atom. The summed E-state index contributed by atoms with van der Waals surface area (Å²) in [7, 11) is 0. The summed E-state index contributed by atoms with van der Waals surface area (Å²) in [6.07, 6.45) is 11.2. The van der Waals surface area contributed by atoms with E-state index in [-0.39, 0.29) is 12.4 Å². The molecule has 20 heavy (non-hydrogen) atoms. The molecule has 2 aliphatic rings. The molecule has 2 heteroatoms. The molecule has 0 bridgehead atoms. The first kappa shape index (κ1) is 15.9. The number of piperidine rings is 1. The highest BCUT2D eigenvalue weighted by molar-refractivity contribution is 5.85. The van der Waals surface area contributed by atoms with E-state index in [1.807, 2.05) is 0 Å². The molecule has 1 aliphatic heterocycles. The Labute approximate surface area is 130 Å². The van der Waals surface area contributed by atoms with Crippen LogP contribution in [0.15, 0.2) is 24.3 Å². The van der Waals surface area contributed by atoms with E-state index >= 15 is 0 Å². The first-order chi connectivity index (χ1) is 9.31. The van der Waals surface area contributed by atoms with Crippen molar-refractivity contribution in [2.24, 2.45) is 0 Å². The van der Waals surface area contributed by atoms with E-state index in [2.05, 4.69) is 36.1 Å². The van der Waals surface area contributed by atoms with Gasteiger partial charge in [-0.1, -0.05) is 55.5 Å². The van der Waals surface area contributed by atoms with Crippen molar-refractivity contribution in [1.82, 2.24) is 4.90 Å². The molecule has 1 saturated carbocycles. The maximum Gasteiger partial charge on any atom is 0.0460 e. The van der Waals surface area contributed by atoms with Crippen LogP contribution in [0, 0.1) is 6.92 Å². The van der Waals surface area contributed by atoms with Gasteiger partial charge in [-0.05, 0) is 51.3 Å². The van der Waals surface area contributed by atoms with Crippen molar-refractivity contribution in [2.75, 3.05) is 13.1 Å². The van der Waals surface area contributed by atoms with Crippen LogP contribution in [0.5, 0.6) is 0 Å². The second kappa shape index (κ2) is 6.95. The molecule has 1 aromatic rings. The van der Waals surface area contributed by atoms with Gasteiger partial charge in [-0.3, -0.25) is 4.90 Å². The quantitative estimate of drug-likeness (QED) is 0.736. The summed E-state index contributed by atoms with van der Waals surface area (Å²) in [4.78, 5) is 2.82. The number of rotatable bonds is 2. The molecule has 0 radical (unpaired) electrons. The summed E-state index contributed by atoms with van der Waals surface area (Å²) < 4.78 is 0. The average molecular weight is 294 g/mol. The highest BCUT2D eigenvalue weighted by atomic mass is 35.5. The fraction of sp³-hybridized carbons (Fsp3) is 0.667. The lowest BCUT2D eigenvalue weighted by atomic mass is 9.74. The zero-order valence-electron chi connectivity index (χ0n) is 12.7. The summed E-state index contributed by atoms with van der Waals surface area (Å²) in [5.74, 6) is 0. The molecule has 1 aromatic carbocycles. The van der Waals surface area contributed by atoms with E-state index in [0.717, 1.165) is 0 Å². The monoisotopic (exact) mass is 293 g/mol. The van der Waals surface area contributed by atoms with Crippen molar-refractivity contribution in [3.8, 4) is 0 Å². The first-order valence-electron chi connectivity index (χ1n) is 8.13. The number of hydrogen-bond donors (Lipinski definition) is 0. The van der Waals surface area contributed by atoms with Gasteiger partial charge < -0.3 is 0 Å². The molecule has 1 saturated heterocycles. The molecule has 1 heterocycles. The molecule has 0 unspecified atom stereocenters. The Balaban J connectivity index is 0.00000147. The van der Waals surface area contributed by atoms with E-state index in [9.17, 15) is 0 Å². The SMILES string of the molecule is Cc1cccc(C2(N3CCCCC3)CCCCC2)c1.Cl. The Morgan fingerprint density at radius 1 is 0.900 bits per heavy atom. The Bertz CT molecular complexity index is 417. The van der Waals surface area contributed by atoms with Crippen molar-refractivity contribution >= 4 is 12.4 Å². The minimum atomic E-state index is 0. The molecule has 2 fully saturated rings. The predicted molar refractivity (Wildman–Crippen MR) is 88.6 cm³/mol. The van der Waals surface area contributed by atoms with Crippen LogP contribution in [0.25, 0.3) is 0 Å². The van der Waals surface area contributed by atoms with Crippen molar-refractivity contribution < 1.29 is 0 Å². The van der Waals surface area contributed by atoms with Gasteiger partial charge in [0.1, 0.15) is 0 Å². The lowest BCUT2D eigenvalue weighted by Gasteiger charge is -2.49. The minimum Gasteiger partial charge on any atom is -0.294 e. The van der Waals surface area contributed by atoms with E-state index in [0.29, 0.717) is 5.54 Å². The number of likely N-dealkylation sites (tertiary alicyclic amines) is 1.